The molecular weight excluding hydrogens is 240 g/mol. The molecule has 0 aliphatic rings. The molecule has 2 heterocycles. The van der Waals surface area contributed by atoms with Gasteiger partial charge >= 0.3 is 0 Å². The Bertz CT molecular complexity index is 598. The van der Waals surface area contributed by atoms with Gasteiger partial charge in [0.1, 0.15) is 4.70 Å². The largest absolute Gasteiger partial charge is 0.290 e. The van der Waals surface area contributed by atoms with E-state index in [2.05, 4.69) is 11.6 Å². The van der Waals surface area contributed by atoms with Crippen LogP contribution in [0.25, 0.3) is 10.2 Å². The van der Waals surface area contributed by atoms with Crippen LogP contribution >= 0.6 is 23.1 Å². The van der Waals surface area contributed by atoms with Gasteiger partial charge in [0.25, 0.3) is 5.56 Å². The molecule has 2 aromatic rings. The van der Waals surface area contributed by atoms with E-state index in [1.165, 1.54) is 11.3 Å². The van der Waals surface area contributed by atoms with Crippen molar-refractivity contribution >= 4 is 33.3 Å². The Morgan fingerprint density at radius 2 is 2.44 bits per heavy atom. The molecule has 3 nitrogen and oxygen atoms in total. The maximum absolute atomic E-state index is 12.0. The molecule has 0 bridgehead atoms. The Morgan fingerprint density at radius 1 is 1.69 bits per heavy atom. The third-order valence-corrected chi connectivity index (χ3v) is 4.25. The smallest absolute Gasteiger partial charge is 0.271 e. The lowest BCUT2D eigenvalue weighted by Gasteiger charge is -2.06. The van der Waals surface area contributed by atoms with Crippen LogP contribution in [0.4, 0.5) is 0 Å². The van der Waals surface area contributed by atoms with Gasteiger partial charge in [-0.2, -0.15) is 0 Å². The summed E-state index contributed by atoms with van der Waals surface area (Å²) in [4.78, 5) is 16.4. The molecule has 0 fully saturated rings. The van der Waals surface area contributed by atoms with E-state index in [1.54, 1.807) is 23.4 Å². The Labute approximate surface area is 102 Å². The topological polar surface area (TPSA) is 34.9 Å². The van der Waals surface area contributed by atoms with E-state index in [-0.39, 0.29) is 5.56 Å². The highest BCUT2D eigenvalue weighted by atomic mass is 32.2. The molecule has 0 radical (unpaired) electrons. The van der Waals surface area contributed by atoms with E-state index < -0.39 is 0 Å². The molecule has 5 heteroatoms. The highest BCUT2D eigenvalue weighted by Crippen LogP contribution is 2.21. The van der Waals surface area contributed by atoms with E-state index in [0.717, 1.165) is 26.7 Å². The Hall–Kier alpha value is -1.07. The first-order valence-electron chi connectivity index (χ1n) is 4.81. The van der Waals surface area contributed by atoms with Crippen molar-refractivity contribution in [3.8, 4) is 0 Å². The number of fused-ring (bicyclic) bond motifs is 1. The van der Waals surface area contributed by atoms with Crippen LogP contribution in [0.5, 0.6) is 0 Å². The van der Waals surface area contributed by atoms with Crippen molar-refractivity contribution in [3.05, 3.63) is 34.0 Å². The minimum absolute atomic E-state index is 0.0317. The van der Waals surface area contributed by atoms with E-state index in [9.17, 15) is 4.79 Å². The number of nitrogens with zero attached hydrogens (tertiary/aromatic N) is 2. The highest BCUT2D eigenvalue weighted by Gasteiger charge is 2.09. The van der Waals surface area contributed by atoms with Gasteiger partial charge in [-0.1, -0.05) is 23.9 Å². The third-order valence-electron chi connectivity index (χ3n) is 2.09. The van der Waals surface area contributed by atoms with Gasteiger partial charge in [0, 0.05) is 12.8 Å². The molecule has 2 aromatic heterocycles. The zero-order chi connectivity index (χ0) is 11.7. The van der Waals surface area contributed by atoms with Crippen molar-refractivity contribution in [2.45, 2.75) is 12.1 Å². The van der Waals surface area contributed by atoms with Gasteiger partial charge < -0.3 is 0 Å². The molecule has 0 N–H and O–H groups in total. The molecule has 0 aliphatic heterocycles. The van der Waals surface area contributed by atoms with Crippen molar-refractivity contribution < 1.29 is 0 Å². The number of hydrogen-bond donors (Lipinski definition) is 0. The molecule has 0 atom stereocenters. The van der Waals surface area contributed by atoms with Gasteiger partial charge in [0.2, 0.25) is 0 Å². The van der Waals surface area contributed by atoms with Gasteiger partial charge in [-0.15, -0.1) is 11.3 Å². The van der Waals surface area contributed by atoms with Crippen LogP contribution in [0.2, 0.25) is 0 Å². The summed E-state index contributed by atoms with van der Waals surface area (Å²) in [6.07, 6.45) is 0. The predicted octanol–water partition coefficient (Wildman–Crippen LogP) is 2.66. The zero-order valence-electron chi connectivity index (χ0n) is 9.19. The van der Waals surface area contributed by atoms with Crippen molar-refractivity contribution in [1.29, 1.82) is 0 Å². The van der Waals surface area contributed by atoms with Gasteiger partial charge in [-0.3, -0.25) is 9.36 Å². The molecule has 0 aliphatic carbocycles. The summed E-state index contributed by atoms with van der Waals surface area (Å²) >= 11 is 2.98. The maximum atomic E-state index is 12.0. The summed E-state index contributed by atoms with van der Waals surface area (Å²) in [6, 6.07) is 1.88. The Morgan fingerprint density at radius 3 is 3.12 bits per heavy atom. The van der Waals surface area contributed by atoms with E-state index in [4.69, 9.17) is 0 Å². The molecule has 0 amide bonds. The van der Waals surface area contributed by atoms with Crippen LogP contribution in [0.3, 0.4) is 0 Å². The molecule has 0 aromatic carbocycles. The third kappa shape index (κ3) is 2.05. The fourth-order valence-electron chi connectivity index (χ4n) is 1.28. The molecule has 0 spiro atoms. The average molecular weight is 252 g/mol. The van der Waals surface area contributed by atoms with Crippen molar-refractivity contribution in [1.82, 2.24) is 9.55 Å². The summed E-state index contributed by atoms with van der Waals surface area (Å²) in [5.41, 5.74) is 1.89. The van der Waals surface area contributed by atoms with Crippen LogP contribution in [-0.2, 0) is 7.05 Å². The quantitative estimate of drug-likeness (QED) is 0.478. The first-order valence-corrected chi connectivity index (χ1v) is 6.67. The number of aromatic nitrogens is 2. The van der Waals surface area contributed by atoms with Crippen LogP contribution in [0.1, 0.15) is 6.92 Å². The second kappa shape index (κ2) is 4.43. The van der Waals surface area contributed by atoms with Gasteiger partial charge in [0.05, 0.1) is 5.52 Å². The monoisotopic (exact) mass is 252 g/mol. The SMILES string of the molecule is C=C(C)CSc1nc2ccsc2c(=O)n1C. The second-order valence-electron chi connectivity index (χ2n) is 3.64. The van der Waals surface area contributed by atoms with Gasteiger partial charge in [0.15, 0.2) is 5.16 Å². The van der Waals surface area contributed by atoms with Gasteiger partial charge in [-0.25, -0.2) is 4.98 Å². The number of hydrogen-bond acceptors (Lipinski definition) is 4. The maximum Gasteiger partial charge on any atom is 0.271 e. The van der Waals surface area contributed by atoms with E-state index in [1.807, 2.05) is 18.4 Å². The Balaban J connectivity index is 2.49. The normalized spacial score (nSPS) is 10.9. The Kier molecular flexibility index (Phi) is 3.16. The van der Waals surface area contributed by atoms with Gasteiger partial charge in [-0.05, 0) is 18.4 Å². The lowest BCUT2D eigenvalue weighted by atomic mass is 10.4. The predicted molar refractivity (Wildman–Crippen MR) is 70.4 cm³/mol. The first-order chi connectivity index (χ1) is 7.59. The summed E-state index contributed by atoms with van der Waals surface area (Å²) in [5.74, 6) is 0.788. The van der Waals surface area contributed by atoms with Crippen LogP contribution in [-0.4, -0.2) is 15.3 Å². The fourth-order valence-corrected chi connectivity index (χ4v) is 2.90. The summed E-state index contributed by atoms with van der Waals surface area (Å²) in [7, 11) is 1.76. The number of thiophene rings is 1. The summed E-state index contributed by atoms with van der Waals surface area (Å²) in [6.45, 7) is 5.81. The lowest BCUT2D eigenvalue weighted by molar-refractivity contribution is 0.728. The molecule has 0 saturated heterocycles. The molecule has 0 saturated carbocycles. The second-order valence-corrected chi connectivity index (χ2v) is 5.50. The molecule has 2 rings (SSSR count). The molecule has 0 unspecified atom stereocenters. The molecule has 84 valence electrons. The minimum Gasteiger partial charge on any atom is -0.290 e. The van der Waals surface area contributed by atoms with Crippen molar-refractivity contribution in [3.63, 3.8) is 0 Å². The van der Waals surface area contributed by atoms with Crippen molar-refractivity contribution in [2.24, 2.45) is 7.05 Å². The summed E-state index contributed by atoms with van der Waals surface area (Å²) in [5, 5.41) is 2.64. The summed E-state index contributed by atoms with van der Waals surface area (Å²) < 4.78 is 2.33. The first kappa shape index (κ1) is 11.4. The van der Waals surface area contributed by atoms with E-state index >= 15 is 0 Å². The lowest BCUT2D eigenvalue weighted by Crippen LogP contribution is -2.18. The standard InChI is InChI=1S/C11H12N2OS2/c1-7(2)6-16-11-12-8-4-5-15-9(8)10(14)13(11)3/h4-5H,1,6H2,2-3H3. The van der Waals surface area contributed by atoms with Crippen LogP contribution < -0.4 is 5.56 Å². The molecular formula is C11H12N2OS2. The zero-order valence-corrected chi connectivity index (χ0v) is 10.8. The average Bonchev–Trinajstić information content (AvgIpc) is 2.69. The fraction of sp³-hybridized carbons (Fsp3) is 0.273. The highest BCUT2D eigenvalue weighted by molar-refractivity contribution is 7.99. The number of rotatable bonds is 3. The van der Waals surface area contributed by atoms with Crippen LogP contribution in [0.15, 0.2) is 33.5 Å². The van der Waals surface area contributed by atoms with E-state index in [0.29, 0.717) is 0 Å². The molecule has 16 heavy (non-hydrogen) atoms. The van der Waals surface area contributed by atoms with Crippen molar-refractivity contribution in [2.75, 3.05) is 5.75 Å². The van der Waals surface area contributed by atoms with Crippen LogP contribution in [0, 0.1) is 0 Å². The minimum atomic E-state index is 0.0317. The number of thioether (sulfide) groups is 1.